The number of nitriles is 1. The van der Waals surface area contributed by atoms with Gasteiger partial charge in [-0.05, 0) is 150 Å². The molecule has 3 aliphatic heterocycles. The van der Waals surface area contributed by atoms with E-state index in [0.29, 0.717) is 60.4 Å². The standard InChI is InChI=1S/C26H34N4O.C25H34ClN3O.C25H33F3N4O2.H2O/c1-3-7-21(2)29-18-15-25(16-19-29)30(20-23-8-5-4-6-9-23)26(31)28-24-12-10-22(11-13-24)14-17-27;1-4-8-20(3)28-15-13-22(14-16-28)29(18-21-9-6-5-7-10-21)25(30)27-24-12-11-19(2)17-23(24)26;1-3-7-18(2)31-14-12-21(13-15-31)32(17-19-8-5-4-6-9-19)24(33)29-22-11-10-20(25(26,27)28)16-23(22)30-34;/h4-6,8-13,21,25H,3,7,14-16,18-20H2,1-2H3,(H,28,31);5-7,9-12,17,20,22H,4,8,13-16,18H2,1-3H3,(H,27,30);4-6,8-11,16,18,21H,3,7,12-15,17,30H2,1-2H3,(H,29,33);1H2. The maximum Gasteiger partial charge on any atom is 0.416 e. The van der Waals surface area contributed by atoms with E-state index in [9.17, 15) is 32.8 Å². The minimum absolute atomic E-state index is 0. The number of quaternary nitrogens is 1. The minimum Gasteiger partial charge on any atom is -0.630 e. The van der Waals surface area contributed by atoms with Crippen LogP contribution in [-0.2, 0) is 32.2 Å². The molecule has 0 spiro atoms. The van der Waals surface area contributed by atoms with Gasteiger partial charge in [-0.3, -0.25) is 0 Å². The van der Waals surface area contributed by atoms with E-state index >= 15 is 0 Å². The molecule has 0 aromatic heterocycles. The van der Waals surface area contributed by atoms with E-state index in [0.717, 1.165) is 142 Å². The summed E-state index contributed by atoms with van der Waals surface area (Å²) in [7, 11) is 0. The van der Waals surface area contributed by atoms with Gasteiger partial charge in [0.05, 0.1) is 28.8 Å². The quantitative estimate of drug-likeness (QED) is 0.0358. The van der Waals surface area contributed by atoms with Gasteiger partial charge in [0.25, 0.3) is 0 Å². The second-order valence-corrected chi connectivity index (χ2v) is 26.2. The Morgan fingerprint density at radius 2 is 0.917 bits per heavy atom. The van der Waals surface area contributed by atoms with Crippen LogP contribution in [0.3, 0.4) is 0 Å². The third-order valence-corrected chi connectivity index (χ3v) is 19.1. The van der Waals surface area contributed by atoms with Gasteiger partial charge >= 0.3 is 24.3 Å². The number of carbonyl (C=O) groups is 3. The van der Waals surface area contributed by atoms with E-state index in [1.165, 1.54) is 25.7 Å². The van der Waals surface area contributed by atoms with Crippen molar-refractivity contribution in [1.29, 1.82) is 5.26 Å². The van der Waals surface area contributed by atoms with E-state index in [1.807, 2.05) is 126 Å². The molecule has 6 aromatic rings. The maximum atomic E-state index is 13.3. The van der Waals surface area contributed by atoms with Crippen LogP contribution in [0.25, 0.3) is 0 Å². The molecule has 96 heavy (non-hydrogen) atoms. The van der Waals surface area contributed by atoms with E-state index in [-0.39, 0.29) is 47.0 Å². The number of alkyl halides is 3. The molecule has 3 aliphatic rings. The zero-order valence-corrected chi connectivity index (χ0v) is 58.1. The highest BCUT2D eigenvalue weighted by molar-refractivity contribution is 6.33. The third-order valence-electron chi connectivity index (χ3n) is 18.8. The second-order valence-electron chi connectivity index (χ2n) is 25.8. The fourth-order valence-corrected chi connectivity index (χ4v) is 13.5. The molecule has 6 amide bonds. The summed E-state index contributed by atoms with van der Waals surface area (Å²) in [5, 5.41) is 29.7. The molecule has 0 bridgehead atoms. The Kier molecular flexibility index (Phi) is 32.0. The van der Waals surface area contributed by atoms with E-state index < -0.39 is 17.8 Å². The van der Waals surface area contributed by atoms with Gasteiger partial charge in [-0.25, -0.2) is 14.4 Å². The molecule has 3 unspecified atom stereocenters. The fourth-order valence-electron chi connectivity index (χ4n) is 13.2. The Balaban J connectivity index is 0.000000227. The topological polar surface area (TPSA) is 202 Å². The van der Waals surface area contributed by atoms with Crippen LogP contribution in [-0.4, -0.2) is 128 Å². The zero-order chi connectivity index (χ0) is 68.3. The summed E-state index contributed by atoms with van der Waals surface area (Å²) >= 11 is 6.37. The molecule has 16 nitrogen and oxygen atoms in total. The lowest BCUT2D eigenvalue weighted by Crippen LogP contribution is -2.70. The molecule has 3 fully saturated rings. The molecule has 0 saturated carbocycles. The molecule has 7 N–H and O–H groups in total. The number of carbonyl (C=O) groups excluding carboxylic acids is 3. The van der Waals surface area contributed by atoms with Crippen LogP contribution in [0, 0.1) is 23.5 Å². The molecule has 9 rings (SSSR count). The number of likely N-dealkylation sites (tertiary alicyclic amines) is 3. The number of aryl methyl sites for hydroxylation is 1. The number of halogens is 4. The summed E-state index contributed by atoms with van der Waals surface area (Å²) in [6.45, 7) is 23.0. The van der Waals surface area contributed by atoms with Crippen molar-refractivity contribution in [3.8, 4) is 6.07 Å². The number of hydrogen-bond donors (Lipinski definition) is 4. The van der Waals surface area contributed by atoms with Crippen molar-refractivity contribution in [3.05, 3.63) is 195 Å². The van der Waals surface area contributed by atoms with Crippen molar-refractivity contribution < 1.29 is 38.5 Å². The molecule has 3 heterocycles. The van der Waals surface area contributed by atoms with Gasteiger partial charge in [-0.1, -0.05) is 161 Å². The van der Waals surface area contributed by atoms with E-state index in [4.69, 9.17) is 16.9 Å². The molecule has 6 aromatic carbocycles. The van der Waals surface area contributed by atoms with Crippen molar-refractivity contribution >= 4 is 52.4 Å². The van der Waals surface area contributed by atoms with Crippen LogP contribution >= 0.6 is 11.6 Å². The van der Waals surface area contributed by atoms with E-state index in [2.05, 4.69) is 103 Å². The van der Waals surface area contributed by atoms with Gasteiger partial charge in [0, 0.05) is 107 Å². The first kappa shape index (κ1) is 77.5. The molecule has 520 valence electrons. The van der Waals surface area contributed by atoms with Crippen LogP contribution in [0.5, 0.6) is 0 Å². The van der Waals surface area contributed by atoms with Gasteiger partial charge < -0.3 is 61.5 Å². The van der Waals surface area contributed by atoms with Crippen molar-refractivity contribution in [2.24, 2.45) is 0 Å². The summed E-state index contributed by atoms with van der Waals surface area (Å²) in [5.74, 6) is 0. The number of anilines is 3. The average Bonchev–Trinajstić information content (AvgIpc) is 0.847. The van der Waals surface area contributed by atoms with Crippen LogP contribution < -0.4 is 21.4 Å². The van der Waals surface area contributed by atoms with Crippen molar-refractivity contribution in [3.63, 3.8) is 0 Å². The van der Waals surface area contributed by atoms with Crippen LogP contribution in [0.2, 0.25) is 5.02 Å². The Labute approximate surface area is 573 Å². The number of urea groups is 3. The highest BCUT2D eigenvalue weighted by atomic mass is 35.5. The minimum atomic E-state index is -4.57. The van der Waals surface area contributed by atoms with Gasteiger partial charge in [0.1, 0.15) is 5.69 Å². The van der Waals surface area contributed by atoms with Crippen molar-refractivity contribution in [2.75, 3.05) is 55.2 Å². The first-order chi connectivity index (χ1) is 45.8. The second kappa shape index (κ2) is 39.6. The predicted octanol–water partition coefficient (Wildman–Crippen LogP) is 16.0. The van der Waals surface area contributed by atoms with Crippen LogP contribution in [0.15, 0.2) is 152 Å². The van der Waals surface area contributed by atoms with E-state index in [1.54, 1.807) is 4.90 Å². The Morgan fingerprint density at radius 1 is 0.552 bits per heavy atom. The van der Waals surface area contributed by atoms with Gasteiger partial charge in [-0.2, -0.15) is 18.4 Å². The van der Waals surface area contributed by atoms with Crippen molar-refractivity contribution in [2.45, 2.75) is 194 Å². The molecular weight excluding hydrogens is 1240 g/mol. The van der Waals surface area contributed by atoms with Gasteiger partial charge in [-0.15, -0.1) is 0 Å². The fraction of sp³-hybridized carbons (Fsp3) is 0.474. The van der Waals surface area contributed by atoms with Gasteiger partial charge in [0.2, 0.25) is 0 Å². The lowest BCUT2D eigenvalue weighted by molar-refractivity contribution is -0.496. The van der Waals surface area contributed by atoms with Crippen LogP contribution in [0.4, 0.5) is 50.3 Å². The van der Waals surface area contributed by atoms with Crippen molar-refractivity contribution in [1.82, 2.24) is 29.4 Å². The normalized spacial score (nSPS) is 15.9. The average molecular weight is 1340 g/mol. The Bertz CT molecular complexity index is 3310. The summed E-state index contributed by atoms with van der Waals surface area (Å²) in [6, 6.07) is 49.8. The molecular formula is C76H103ClF3N11O5. The Morgan fingerprint density at radius 3 is 1.26 bits per heavy atom. The summed E-state index contributed by atoms with van der Waals surface area (Å²) < 4.78 is 39.1. The number of benzene rings is 6. The first-order valence-electron chi connectivity index (χ1n) is 34.3. The monoisotopic (exact) mass is 1340 g/mol. The maximum absolute atomic E-state index is 13.3. The lowest BCUT2D eigenvalue weighted by atomic mass is 10.00. The molecule has 3 saturated heterocycles. The first-order valence-corrected chi connectivity index (χ1v) is 34.6. The molecule has 0 radical (unpaired) electrons. The van der Waals surface area contributed by atoms with Crippen LogP contribution in [0.1, 0.15) is 152 Å². The highest BCUT2D eigenvalue weighted by Gasteiger charge is 2.35. The number of nitrogens with zero attached hydrogens (tertiary/aromatic N) is 7. The number of piperidine rings is 3. The lowest BCUT2D eigenvalue weighted by Gasteiger charge is -2.40. The highest BCUT2D eigenvalue weighted by Crippen LogP contribution is 2.34. The summed E-state index contributed by atoms with van der Waals surface area (Å²) in [5.41, 5.74) is 5.98. The number of rotatable bonds is 23. The third kappa shape index (κ3) is 23.9. The number of nitrogens with two attached hydrogens (primary N) is 1. The predicted molar refractivity (Wildman–Crippen MR) is 382 cm³/mol. The number of amides is 6. The smallest absolute Gasteiger partial charge is 0.416 e. The number of hydrogen-bond acceptors (Lipinski definition) is 8. The molecule has 20 heteroatoms. The molecule has 0 aliphatic carbocycles. The van der Waals surface area contributed by atoms with Gasteiger partial charge in [0.15, 0.2) is 5.69 Å². The largest absolute Gasteiger partial charge is 0.630 e. The summed E-state index contributed by atoms with van der Waals surface area (Å²) in [6.07, 6.45) is 8.52. The zero-order valence-electron chi connectivity index (χ0n) is 57.3. The number of nitrogens with one attached hydrogen (secondary N) is 3. The SMILES string of the molecule is CCCC(C)N1CCC(N(Cc2ccccc2)C(=O)Nc2ccc(C(F)(F)F)cc2[NH2+][O-])CC1.CCCC(C)N1CCC(N(Cc2ccccc2)C(=O)Nc2ccc(C)cc2Cl)CC1.CCCC(C)N1CCC(N(Cc2ccccc2)C(=O)Nc2ccc(CC#N)cc2)CC1.O. The summed E-state index contributed by atoms with van der Waals surface area (Å²) in [4.78, 5) is 53.3. The Hall–Kier alpha value is -7.54. The molecule has 3 atom stereocenters.